The van der Waals surface area contributed by atoms with Crippen LogP contribution >= 0.6 is 0 Å². The highest BCUT2D eigenvalue weighted by Gasteiger charge is 2.37. The molecule has 4 heteroatoms. The lowest BCUT2D eigenvalue weighted by Crippen LogP contribution is -2.17. The smallest absolute Gasteiger partial charge is 0.0886 e. The van der Waals surface area contributed by atoms with Gasteiger partial charge in [-0.25, -0.2) is 0 Å². The lowest BCUT2D eigenvalue weighted by atomic mass is 9.72. The van der Waals surface area contributed by atoms with Gasteiger partial charge in [0.1, 0.15) is 0 Å². The van der Waals surface area contributed by atoms with E-state index in [2.05, 4.69) is 149 Å². The van der Waals surface area contributed by atoms with E-state index in [1.54, 1.807) is 0 Å². The minimum absolute atomic E-state index is 0.139. The normalized spacial score (nSPS) is 13.0. The van der Waals surface area contributed by atoms with Gasteiger partial charge >= 0.3 is 0 Å². The van der Waals surface area contributed by atoms with Gasteiger partial charge in [-0.3, -0.25) is 19.9 Å². The number of rotatable bonds is 4. The molecular formula is C56H46N4. The molecule has 0 fully saturated rings. The molecule has 0 saturated heterocycles. The molecule has 0 radical (unpaired) electrons. The Kier molecular flexibility index (Phi) is 8.09. The summed E-state index contributed by atoms with van der Waals surface area (Å²) in [5.74, 6) is 0. The Morgan fingerprint density at radius 2 is 0.783 bits per heavy atom. The molecule has 0 atom stereocenters. The first-order chi connectivity index (χ1) is 29.1. The van der Waals surface area contributed by atoms with E-state index >= 15 is 0 Å². The van der Waals surface area contributed by atoms with E-state index in [0.29, 0.717) is 0 Å². The van der Waals surface area contributed by atoms with Crippen molar-refractivity contribution in [3.63, 3.8) is 0 Å². The number of nitrogens with zero attached hydrogens (tertiary/aromatic N) is 4. The van der Waals surface area contributed by atoms with Gasteiger partial charge in [-0.05, 0) is 148 Å². The maximum Gasteiger partial charge on any atom is 0.0886 e. The average molecular weight is 775 g/mol. The number of benzene rings is 5. The Hall–Kier alpha value is -6.78. The zero-order valence-corrected chi connectivity index (χ0v) is 35.1. The van der Waals surface area contributed by atoms with E-state index in [1.165, 1.54) is 88.3 Å². The minimum Gasteiger partial charge on any atom is -0.255 e. The van der Waals surface area contributed by atoms with Crippen LogP contribution in [0, 0.1) is 0 Å². The highest BCUT2D eigenvalue weighted by molar-refractivity contribution is 6.26. The molecule has 0 bridgehead atoms. The van der Waals surface area contributed by atoms with E-state index < -0.39 is 0 Å². The molecule has 0 spiro atoms. The van der Waals surface area contributed by atoms with Gasteiger partial charge in [0.05, 0.1) is 22.8 Å². The fourth-order valence-corrected chi connectivity index (χ4v) is 10.5. The van der Waals surface area contributed by atoms with Gasteiger partial charge in [0.15, 0.2) is 0 Å². The standard InChI is InChI=1S/C56H46N4/c1-55(2,3)53-39-23-24-40-52(51(39)47(49-37-17-9-7-15-33(37)29-41(49)53)35-21-25-45(59-31-35)43-19-11-13-27-57-43)48(36-22-26-46(60-32-36)44-20-12-14-28-58-44)50-38-18-10-8-16-34(38)30-42(50)54(40)56(4,5)6/h7-28,31-32H,29-30H2,1-6H3. The molecule has 2 aliphatic rings. The number of fused-ring (bicyclic) bond motifs is 9. The molecule has 290 valence electrons. The van der Waals surface area contributed by atoms with Crippen LogP contribution in [0.2, 0.25) is 0 Å². The van der Waals surface area contributed by atoms with E-state index in [0.717, 1.165) is 46.7 Å². The predicted molar refractivity (Wildman–Crippen MR) is 248 cm³/mol. The highest BCUT2D eigenvalue weighted by Crippen LogP contribution is 2.57. The summed E-state index contributed by atoms with van der Waals surface area (Å²) in [6, 6.07) is 43.9. The van der Waals surface area contributed by atoms with Crippen LogP contribution in [0.25, 0.3) is 88.8 Å². The molecule has 0 unspecified atom stereocenters. The molecule has 0 amide bonds. The lowest BCUT2D eigenvalue weighted by Gasteiger charge is -2.32. The van der Waals surface area contributed by atoms with Crippen LogP contribution < -0.4 is 0 Å². The van der Waals surface area contributed by atoms with E-state index in [4.69, 9.17) is 9.97 Å². The summed E-state index contributed by atoms with van der Waals surface area (Å²) in [4.78, 5) is 19.6. The third-order valence-corrected chi connectivity index (χ3v) is 12.7. The molecule has 2 aliphatic carbocycles. The van der Waals surface area contributed by atoms with Crippen molar-refractivity contribution in [3.8, 4) is 67.3 Å². The predicted octanol–water partition coefficient (Wildman–Crippen LogP) is 14.0. The van der Waals surface area contributed by atoms with Crippen molar-refractivity contribution in [2.75, 3.05) is 0 Å². The second-order valence-electron chi connectivity index (χ2n) is 18.6. The Labute approximate surface area is 352 Å². The number of hydrogen-bond donors (Lipinski definition) is 0. The maximum atomic E-state index is 5.15. The van der Waals surface area contributed by atoms with Crippen molar-refractivity contribution >= 4 is 21.5 Å². The molecule has 9 aromatic rings. The van der Waals surface area contributed by atoms with Gasteiger partial charge in [-0.2, -0.15) is 0 Å². The SMILES string of the molecule is CC(C)(C)c1c2c(c(-c3ccc(-c4ccccn4)nc3)c3c1ccc1c(C(C)(C)C)c4c(c(-c5ccc(-c6ccccn6)nc5)c13)-c1ccccc1C4)-c1ccccc1C2. The van der Waals surface area contributed by atoms with Crippen LogP contribution in [0.4, 0.5) is 0 Å². The first-order valence-electron chi connectivity index (χ1n) is 21.1. The van der Waals surface area contributed by atoms with Crippen molar-refractivity contribution < 1.29 is 0 Å². The molecular weight excluding hydrogens is 729 g/mol. The van der Waals surface area contributed by atoms with Crippen molar-refractivity contribution in [2.45, 2.75) is 65.2 Å². The molecule has 11 rings (SSSR count). The van der Waals surface area contributed by atoms with Gasteiger partial charge in [0.2, 0.25) is 0 Å². The highest BCUT2D eigenvalue weighted by atomic mass is 14.8. The van der Waals surface area contributed by atoms with Crippen LogP contribution in [-0.4, -0.2) is 19.9 Å². The maximum absolute atomic E-state index is 5.15. The third kappa shape index (κ3) is 5.58. The monoisotopic (exact) mass is 774 g/mol. The Morgan fingerprint density at radius 1 is 0.383 bits per heavy atom. The number of hydrogen-bond acceptors (Lipinski definition) is 4. The first kappa shape index (κ1) is 36.3. The fraction of sp³-hybridized carbons (Fsp3) is 0.179. The summed E-state index contributed by atoms with van der Waals surface area (Å²) in [6.45, 7) is 14.3. The van der Waals surface area contributed by atoms with E-state index in [-0.39, 0.29) is 10.8 Å². The Balaban J connectivity index is 1.36. The van der Waals surface area contributed by atoms with Crippen LogP contribution in [0.3, 0.4) is 0 Å². The first-order valence-corrected chi connectivity index (χ1v) is 21.1. The summed E-state index contributed by atoms with van der Waals surface area (Å²) in [6.07, 6.45) is 9.65. The van der Waals surface area contributed by atoms with Crippen molar-refractivity contribution in [2.24, 2.45) is 0 Å². The lowest BCUT2D eigenvalue weighted by molar-refractivity contribution is 0.590. The quantitative estimate of drug-likeness (QED) is 0.167. The Bertz CT molecular complexity index is 2950. The second-order valence-corrected chi connectivity index (χ2v) is 18.6. The van der Waals surface area contributed by atoms with Gasteiger partial charge < -0.3 is 0 Å². The summed E-state index contributed by atoms with van der Waals surface area (Å²) < 4.78 is 0. The minimum atomic E-state index is -0.139. The second kappa shape index (κ2) is 13.4. The van der Waals surface area contributed by atoms with Gasteiger partial charge in [-0.15, -0.1) is 0 Å². The van der Waals surface area contributed by atoms with E-state index in [1.807, 2.05) is 48.8 Å². The molecule has 60 heavy (non-hydrogen) atoms. The molecule has 0 saturated carbocycles. The van der Waals surface area contributed by atoms with Crippen molar-refractivity contribution in [1.82, 2.24) is 19.9 Å². The molecule has 0 N–H and O–H groups in total. The van der Waals surface area contributed by atoms with E-state index in [9.17, 15) is 0 Å². The van der Waals surface area contributed by atoms with Crippen LogP contribution in [0.1, 0.15) is 74.9 Å². The molecule has 4 aromatic heterocycles. The van der Waals surface area contributed by atoms with Crippen LogP contribution in [0.15, 0.2) is 146 Å². The summed E-state index contributed by atoms with van der Waals surface area (Å²) >= 11 is 0. The third-order valence-electron chi connectivity index (χ3n) is 12.7. The van der Waals surface area contributed by atoms with Crippen molar-refractivity contribution in [1.29, 1.82) is 0 Å². The van der Waals surface area contributed by atoms with Gasteiger partial charge in [0, 0.05) is 35.9 Å². The zero-order chi connectivity index (χ0) is 40.9. The fourth-order valence-electron chi connectivity index (χ4n) is 10.5. The molecule has 5 aromatic carbocycles. The summed E-state index contributed by atoms with van der Waals surface area (Å²) in [5, 5.41) is 5.16. The Morgan fingerprint density at radius 3 is 1.15 bits per heavy atom. The van der Waals surface area contributed by atoms with Crippen LogP contribution in [0.5, 0.6) is 0 Å². The largest absolute Gasteiger partial charge is 0.255 e. The van der Waals surface area contributed by atoms with Gasteiger partial charge in [-0.1, -0.05) is 126 Å². The van der Waals surface area contributed by atoms with Crippen molar-refractivity contribution in [3.05, 3.63) is 179 Å². The number of pyridine rings is 4. The van der Waals surface area contributed by atoms with Crippen LogP contribution in [-0.2, 0) is 23.7 Å². The van der Waals surface area contributed by atoms with Gasteiger partial charge in [0.25, 0.3) is 0 Å². The summed E-state index contributed by atoms with van der Waals surface area (Å²) in [7, 11) is 0. The average Bonchev–Trinajstić information content (AvgIpc) is 3.83. The zero-order valence-electron chi connectivity index (χ0n) is 35.1. The molecule has 0 aliphatic heterocycles. The molecule has 4 nitrogen and oxygen atoms in total. The molecule has 4 heterocycles. The summed E-state index contributed by atoms with van der Waals surface area (Å²) in [5.41, 5.74) is 21.6. The number of aromatic nitrogens is 4. The topological polar surface area (TPSA) is 51.6 Å².